The minimum absolute atomic E-state index is 0.116. The summed E-state index contributed by atoms with van der Waals surface area (Å²) < 4.78 is 0. The molecule has 1 aliphatic rings. The second-order valence-electron chi connectivity index (χ2n) is 7.93. The minimum Gasteiger partial charge on any atom is -0.481 e. The van der Waals surface area contributed by atoms with Gasteiger partial charge in [-0.25, -0.2) is 0 Å². The number of carbonyl (C=O) groups excluding carboxylic acids is 1. The molecule has 1 amide bonds. The molecule has 0 aromatic rings. The van der Waals surface area contributed by atoms with Crippen LogP contribution in [0.5, 0.6) is 0 Å². The lowest BCUT2D eigenvalue weighted by molar-refractivity contribution is -0.155. The molecule has 0 radical (unpaired) electrons. The van der Waals surface area contributed by atoms with E-state index in [2.05, 4.69) is 27.7 Å². The number of likely N-dealkylation sites (tertiary alicyclic amines) is 1. The van der Waals surface area contributed by atoms with Crippen LogP contribution in [0.3, 0.4) is 0 Å². The van der Waals surface area contributed by atoms with Crippen molar-refractivity contribution in [1.29, 1.82) is 0 Å². The predicted molar refractivity (Wildman–Crippen MR) is 84.0 cm³/mol. The van der Waals surface area contributed by atoms with Gasteiger partial charge in [-0.3, -0.25) is 9.59 Å². The first-order valence-electron chi connectivity index (χ1n) is 8.11. The standard InChI is InChI=1S/C17H31NO3/c1-6-17(15(20)21)8-7-9-18(12-17)14(19)10-13(2)11-16(3,4)5/h13H,6-12H2,1-5H3,(H,20,21). The molecule has 1 aliphatic heterocycles. The summed E-state index contributed by atoms with van der Waals surface area (Å²) >= 11 is 0. The molecule has 0 aromatic heterocycles. The Labute approximate surface area is 128 Å². The van der Waals surface area contributed by atoms with Crippen LogP contribution in [-0.2, 0) is 9.59 Å². The lowest BCUT2D eigenvalue weighted by atomic mass is 9.77. The topological polar surface area (TPSA) is 57.6 Å². The predicted octanol–water partition coefficient (Wildman–Crippen LogP) is 3.55. The van der Waals surface area contributed by atoms with Crippen LogP contribution in [0.25, 0.3) is 0 Å². The van der Waals surface area contributed by atoms with E-state index < -0.39 is 11.4 Å². The zero-order valence-corrected chi connectivity index (χ0v) is 14.2. The highest BCUT2D eigenvalue weighted by molar-refractivity contribution is 5.79. The molecule has 2 atom stereocenters. The summed E-state index contributed by atoms with van der Waals surface area (Å²) in [5.41, 5.74) is -0.517. The maximum Gasteiger partial charge on any atom is 0.311 e. The van der Waals surface area contributed by atoms with Crippen molar-refractivity contribution in [2.45, 2.75) is 66.7 Å². The largest absolute Gasteiger partial charge is 0.481 e. The van der Waals surface area contributed by atoms with Crippen LogP contribution < -0.4 is 0 Å². The summed E-state index contributed by atoms with van der Waals surface area (Å²) in [6, 6.07) is 0. The fourth-order valence-electron chi connectivity index (χ4n) is 3.50. The first-order chi connectivity index (χ1) is 9.59. The van der Waals surface area contributed by atoms with E-state index >= 15 is 0 Å². The first-order valence-corrected chi connectivity index (χ1v) is 8.11. The monoisotopic (exact) mass is 297 g/mol. The van der Waals surface area contributed by atoms with Gasteiger partial charge >= 0.3 is 5.97 Å². The lowest BCUT2D eigenvalue weighted by Gasteiger charge is -2.40. The molecule has 1 fully saturated rings. The van der Waals surface area contributed by atoms with Gasteiger partial charge in [0.2, 0.25) is 5.91 Å². The van der Waals surface area contributed by atoms with Crippen molar-refractivity contribution < 1.29 is 14.7 Å². The number of hydrogen-bond donors (Lipinski definition) is 1. The Morgan fingerprint density at radius 2 is 1.95 bits per heavy atom. The van der Waals surface area contributed by atoms with Gasteiger partial charge in [-0.05, 0) is 37.0 Å². The Hall–Kier alpha value is -1.06. The summed E-state index contributed by atoms with van der Waals surface area (Å²) in [6.45, 7) is 11.6. The summed E-state index contributed by atoms with van der Waals surface area (Å²) in [7, 11) is 0. The van der Waals surface area contributed by atoms with Crippen LogP contribution in [-0.4, -0.2) is 35.0 Å². The van der Waals surface area contributed by atoms with E-state index in [1.807, 2.05) is 6.92 Å². The highest BCUT2D eigenvalue weighted by Crippen LogP contribution is 2.34. The molecule has 2 unspecified atom stereocenters. The third-order valence-electron chi connectivity index (χ3n) is 4.54. The molecule has 0 bridgehead atoms. The minimum atomic E-state index is -0.759. The van der Waals surface area contributed by atoms with Gasteiger partial charge in [0.05, 0.1) is 5.41 Å². The van der Waals surface area contributed by atoms with Gasteiger partial charge in [0.15, 0.2) is 0 Å². The number of hydrogen-bond acceptors (Lipinski definition) is 2. The fourth-order valence-corrected chi connectivity index (χ4v) is 3.50. The number of carboxylic acids is 1. The van der Waals surface area contributed by atoms with Crippen LogP contribution in [0.4, 0.5) is 0 Å². The molecule has 1 N–H and O–H groups in total. The molecule has 1 heterocycles. The third-order valence-corrected chi connectivity index (χ3v) is 4.54. The maximum absolute atomic E-state index is 12.5. The second kappa shape index (κ2) is 6.80. The van der Waals surface area contributed by atoms with Gasteiger partial charge in [-0.15, -0.1) is 0 Å². The summed E-state index contributed by atoms with van der Waals surface area (Å²) in [4.78, 5) is 25.8. The molecule has 1 rings (SSSR count). The molecule has 0 spiro atoms. The number of carbonyl (C=O) groups is 2. The van der Waals surface area contributed by atoms with Gasteiger partial charge in [-0.2, -0.15) is 0 Å². The Balaban J connectivity index is 2.64. The average Bonchev–Trinajstić information content (AvgIpc) is 2.36. The Morgan fingerprint density at radius 1 is 1.33 bits per heavy atom. The Morgan fingerprint density at radius 3 is 2.43 bits per heavy atom. The zero-order chi connectivity index (χ0) is 16.3. The highest BCUT2D eigenvalue weighted by Gasteiger charge is 2.42. The molecule has 0 aliphatic carbocycles. The molecule has 0 aromatic carbocycles. The molecule has 1 saturated heterocycles. The van der Waals surface area contributed by atoms with E-state index in [0.717, 1.165) is 12.8 Å². The zero-order valence-electron chi connectivity index (χ0n) is 14.2. The molecule has 122 valence electrons. The number of rotatable bonds is 5. The van der Waals surface area contributed by atoms with E-state index in [1.165, 1.54) is 0 Å². The van der Waals surface area contributed by atoms with Crippen molar-refractivity contribution in [3.8, 4) is 0 Å². The van der Waals surface area contributed by atoms with E-state index in [-0.39, 0.29) is 11.3 Å². The maximum atomic E-state index is 12.5. The SMILES string of the molecule is CCC1(C(=O)O)CCCN(C(=O)CC(C)CC(C)(C)C)C1. The number of piperidine rings is 1. The quantitative estimate of drug-likeness (QED) is 0.844. The normalized spacial score (nSPS) is 24.7. The third kappa shape index (κ3) is 5.01. The molecule has 21 heavy (non-hydrogen) atoms. The molecular weight excluding hydrogens is 266 g/mol. The Bertz CT molecular complexity index is 386. The number of aliphatic carboxylic acids is 1. The van der Waals surface area contributed by atoms with E-state index in [0.29, 0.717) is 38.3 Å². The Kier molecular flexibility index (Phi) is 5.83. The van der Waals surface area contributed by atoms with Crippen LogP contribution in [0.15, 0.2) is 0 Å². The summed E-state index contributed by atoms with van der Waals surface area (Å²) in [5.74, 6) is -0.309. The van der Waals surface area contributed by atoms with Gasteiger partial charge in [0.25, 0.3) is 0 Å². The first kappa shape index (κ1) is 18.0. The average molecular weight is 297 g/mol. The van der Waals surface area contributed by atoms with Crippen LogP contribution in [0.1, 0.15) is 66.7 Å². The second-order valence-corrected chi connectivity index (χ2v) is 7.93. The van der Waals surface area contributed by atoms with Crippen LogP contribution in [0.2, 0.25) is 0 Å². The van der Waals surface area contributed by atoms with Crippen molar-refractivity contribution in [2.75, 3.05) is 13.1 Å². The van der Waals surface area contributed by atoms with Crippen molar-refractivity contribution in [3.05, 3.63) is 0 Å². The van der Waals surface area contributed by atoms with Gasteiger partial charge in [0.1, 0.15) is 0 Å². The molecule has 0 saturated carbocycles. The van der Waals surface area contributed by atoms with Crippen LogP contribution in [0, 0.1) is 16.7 Å². The molecule has 4 heteroatoms. The van der Waals surface area contributed by atoms with E-state index in [1.54, 1.807) is 4.90 Å². The number of amides is 1. The lowest BCUT2D eigenvalue weighted by Crippen LogP contribution is -2.49. The number of nitrogens with zero attached hydrogens (tertiary/aromatic N) is 1. The molecule has 4 nitrogen and oxygen atoms in total. The van der Waals surface area contributed by atoms with Crippen molar-refractivity contribution in [3.63, 3.8) is 0 Å². The molecular formula is C17H31NO3. The van der Waals surface area contributed by atoms with E-state index in [9.17, 15) is 14.7 Å². The van der Waals surface area contributed by atoms with Gasteiger partial charge in [0, 0.05) is 19.5 Å². The van der Waals surface area contributed by atoms with Gasteiger partial charge in [-0.1, -0.05) is 34.6 Å². The van der Waals surface area contributed by atoms with Crippen molar-refractivity contribution >= 4 is 11.9 Å². The van der Waals surface area contributed by atoms with Crippen LogP contribution >= 0.6 is 0 Å². The van der Waals surface area contributed by atoms with Gasteiger partial charge < -0.3 is 10.0 Å². The summed E-state index contributed by atoms with van der Waals surface area (Å²) in [5, 5.41) is 9.49. The smallest absolute Gasteiger partial charge is 0.311 e. The summed E-state index contributed by atoms with van der Waals surface area (Å²) in [6.07, 6.45) is 3.59. The highest BCUT2D eigenvalue weighted by atomic mass is 16.4. The van der Waals surface area contributed by atoms with Crippen molar-refractivity contribution in [1.82, 2.24) is 4.90 Å². The fraction of sp³-hybridized carbons (Fsp3) is 0.882. The number of carboxylic acid groups (broad SMARTS) is 1. The van der Waals surface area contributed by atoms with Crippen molar-refractivity contribution in [2.24, 2.45) is 16.7 Å². The van der Waals surface area contributed by atoms with E-state index in [4.69, 9.17) is 0 Å².